The minimum absolute atomic E-state index is 0.0193. The van der Waals surface area contributed by atoms with E-state index >= 15 is 0 Å². The van der Waals surface area contributed by atoms with Gasteiger partial charge in [0, 0.05) is 18.5 Å². The first-order valence-corrected chi connectivity index (χ1v) is 8.24. The summed E-state index contributed by atoms with van der Waals surface area (Å²) in [5.74, 6) is -1.48. The monoisotopic (exact) mass is 313 g/mol. The molecule has 2 N–H and O–H groups in total. The van der Waals surface area contributed by atoms with Crippen molar-refractivity contribution < 1.29 is 23.1 Å². The molecule has 1 unspecified atom stereocenters. The Morgan fingerprint density at radius 2 is 1.76 bits per heavy atom. The molecule has 0 aromatic heterocycles. The number of benzene rings is 1. The smallest absolute Gasteiger partial charge is 0.303 e. The largest absolute Gasteiger partial charge is 0.481 e. The highest BCUT2D eigenvalue weighted by molar-refractivity contribution is 7.91. The van der Waals surface area contributed by atoms with Crippen molar-refractivity contribution in [2.45, 2.75) is 31.6 Å². The number of nitrogens with one attached hydrogen (secondary N) is 1. The summed E-state index contributed by atoms with van der Waals surface area (Å²) in [4.78, 5) is 22.5. The van der Waals surface area contributed by atoms with Gasteiger partial charge in [-0.3, -0.25) is 9.59 Å². The Hall–Kier alpha value is -1.89. The molecule has 0 heterocycles. The predicted octanol–water partition coefficient (Wildman–Crippen LogP) is 1.92. The molecule has 21 heavy (non-hydrogen) atoms. The van der Waals surface area contributed by atoms with Crippen molar-refractivity contribution in [2.24, 2.45) is 5.92 Å². The van der Waals surface area contributed by atoms with Gasteiger partial charge in [0.15, 0.2) is 9.84 Å². The number of aliphatic carboxylic acids is 1. The molecule has 0 bridgehead atoms. The zero-order valence-electron chi connectivity index (χ0n) is 12.0. The van der Waals surface area contributed by atoms with Gasteiger partial charge in [0.2, 0.25) is 5.91 Å². The van der Waals surface area contributed by atoms with Crippen molar-refractivity contribution >= 4 is 27.4 Å². The molecule has 1 rings (SSSR count). The number of amides is 1. The van der Waals surface area contributed by atoms with Crippen molar-refractivity contribution in [3.8, 4) is 0 Å². The molecule has 0 aliphatic carbocycles. The average Bonchev–Trinajstić information content (AvgIpc) is 2.38. The summed E-state index contributed by atoms with van der Waals surface area (Å²) in [6, 6.07) is 5.91. The second-order valence-electron chi connectivity index (χ2n) is 4.88. The molecule has 0 saturated heterocycles. The van der Waals surface area contributed by atoms with Crippen LogP contribution in [0.4, 0.5) is 5.69 Å². The highest BCUT2D eigenvalue weighted by Gasteiger charge is 2.14. The number of sulfone groups is 1. The maximum Gasteiger partial charge on any atom is 0.303 e. The fourth-order valence-electron chi connectivity index (χ4n) is 1.81. The summed E-state index contributed by atoms with van der Waals surface area (Å²) in [6.45, 7) is 3.25. The zero-order valence-corrected chi connectivity index (χ0v) is 12.8. The highest BCUT2D eigenvalue weighted by atomic mass is 32.2. The lowest BCUT2D eigenvalue weighted by molar-refractivity contribution is -0.138. The molecule has 1 aromatic rings. The third kappa shape index (κ3) is 5.55. The van der Waals surface area contributed by atoms with E-state index in [2.05, 4.69) is 5.32 Å². The molecular formula is C14H19NO5S. The van der Waals surface area contributed by atoms with Crippen molar-refractivity contribution in [1.82, 2.24) is 0 Å². The van der Waals surface area contributed by atoms with E-state index in [1.165, 1.54) is 24.3 Å². The molecule has 0 fully saturated rings. The van der Waals surface area contributed by atoms with E-state index in [1.807, 2.05) is 0 Å². The Bertz CT molecular complexity index is 607. The molecule has 0 radical (unpaired) electrons. The van der Waals surface area contributed by atoms with Gasteiger partial charge in [0.05, 0.1) is 10.6 Å². The summed E-state index contributed by atoms with van der Waals surface area (Å²) in [6.07, 6.45) is 0.0302. The summed E-state index contributed by atoms with van der Waals surface area (Å²) in [5.41, 5.74) is 0.484. The lowest BCUT2D eigenvalue weighted by Gasteiger charge is -2.10. The SMILES string of the molecule is CCS(=O)(=O)c1ccc(NC(=O)CC(C)CC(=O)O)cc1. The van der Waals surface area contributed by atoms with Gasteiger partial charge >= 0.3 is 5.97 Å². The summed E-state index contributed by atoms with van der Waals surface area (Å²) in [5, 5.41) is 11.2. The van der Waals surface area contributed by atoms with Crippen LogP contribution in [-0.2, 0) is 19.4 Å². The fourth-order valence-corrected chi connectivity index (χ4v) is 2.70. The molecule has 1 aromatic carbocycles. The lowest BCUT2D eigenvalue weighted by Crippen LogP contribution is -2.17. The molecule has 1 amide bonds. The quantitative estimate of drug-likeness (QED) is 0.801. The number of carboxylic acids is 1. The topological polar surface area (TPSA) is 101 Å². The Kier molecular flexibility index (Phi) is 5.90. The van der Waals surface area contributed by atoms with Gasteiger partial charge in [-0.25, -0.2) is 8.42 Å². The minimum Gasteiger partial charge on any atom is -0.481 e. The van der Waals surface area contributed by atoms with E-state index < -0.39 is 15.8 Å². The minimum atomic E-state index is -3.25. The first kappa shape index (κ1) is 17.2. The lowest BCUT2D eigenvalue weighted by atomic mass is 10.0. The molecule has 6 nitrogen and oxygen atoms in total. The molecule has 1 atom stereocenters. The van der Waals surface area contributed by atoms with Gasteiger partial charge < -0.3 is 10.4 Å². The van der Waals surface area contributed by atoms with E-state index in [-0.39, 0.29) is 35.3 Å². The Labute approximate surface area is 124 Å². The number of hydrogen-bond acceptors (Lipinski definition) is 4. The number of carbonyl (C=O) groups excluding carboxylic acids is 1. The molecule has 116 valence electrons. The van der Waals surface area contributed by atoms with Crippen LogP contribution in [0.25, 0.3) is 0 Å². The normalized spacial score (nSPS) is 12.7. The van der Waals surface area contributed by atoms with Crippen molar-refractivity contribution in [3.05, 3.63) is 24.3 Å². The predicted molar refractivity (Wildman–Crippen MR) is 78.8 cm³/mol. The Morgan fingerprint density at radius 3 is 2.24 bits per heavy atom. The molecular weight excluding hydrogens is 294 g/mol. The van der Waals surface area contributed by atoms with E-state index in [9.17, 15) is 18.0 Å². The van der Waals surface area contributed by atoms with E-state index in [4.69, 9.17) is 5.11 Å². The molecule has 0 aliphatic heterocycles. The Balaban J connectivity index is 2.64. The Morgan fingerprint density at radius 1 is 1.19 bits per heavy atom. The fraction of sp³-hybridized carbons (Fsp3) is 0.429. The van der Waals surface area contributed by atoms with Crippen LogP contribution in [0, 0.1) is 5.92 Å². The van der Waals surface area contributed by atoms with Crippen LogP contribution in [0.3, 0.4) is 0 Å². The van der Waals surface area contributed by atoms with Gasteiger partial charge in [0.1, 0.15) is 0 Å². The number of carboxylic acid groups (broad SMARTS) is 1. The number of carbonyl (C=O) groups is 2. The van der Waals surface area contributed by atoms with Crippen LogP contribution < -0.4 is 5.32 Å². The molecule has 0 spiro atoms. The maximum atomic E-state index is 11.7. The maximum absolute atomic E-state index is 11.7. The summed E-state index contributed by atoms with van der Waals surface area (Å²) >= 11 is 0. The van der Waals surface area contributed by atoms with E-state index in [0.29, 0.717) is 5.69 Å². The van der Waals surface area contributed by atoms with Crippen LogP contribution in [0.1, 0.15) is 26.7 Å². The van der Waals surface area contributed by atoms with Gasteiger partial charge in [-0.2, -0.15) is 0 Å². The first-order chi connectivity index (χ1) is 9.74. The van der Waals surface area contributed by atoms with Crippen molar-refractivity contribution in [1.29, 1.82) is 0 Å². The van der Waals surface area contributed by atoms with Crippen LogP contribution in [-0.4, -0.2) is 31.2 Å². The number of hydrogen-bond donors (Lipinski definition) is 2. The summed E-state index contributed by atoms with van der Waals surface area (Å²) in [7, 11) is -3.25. The summed E-state index contributed by atoms with van der Waals surface area (Å²) < 4.78 is 23.3. The van der Waals surface area contributed by atoms with E-state index in [0.717, 1.165) is 0 Å². The van der Waals surface area contributed by atoms with Crippen molar-refractivity contribution in [3.63, 3.8) is 0 Å². The van der Waals surface area contributed by atoms with Gasteiger partial charge in [-0.1, -0.05) is 13.8 Å². The number of rotatable bonds is 7. The second-order valence-corrected chi connectivity index (χ2v) is 7.16. The molecule has 0 saturated carbocycles. The molecule has 0 aliphatic rings. The van der Waals surface area contributed by atoms with Crippen molar-refractivity contribution in [2.75, 3.05) is 11.1 Å². The van der Waals surface area contributed by atoms with Crippen LogP contribution in [0.5, 0.6) is 0 Å². The standard InChI is InChI=1S/C14H19NO5S/c1-3-21(19,20)12-6-4-11(5-7-12)15-13(16)8-10(2)9-14(17)18/h4-7,10H,3,8-9H2,1-2H3,(H,15,16)(H,17,18). The van der Waals surface area contributed by atoms with Crippen LogP contribution in [0.15, 0.2) is 29.2 Å². The van der Waals surface area contributed by atoms with Crippen LogP contribution in [0.2, 0.25) is 0 Å². The zero-order chi connectivity index (χ0) is 16.0. The average molecular weight is 313 g/mol. The van der Waals surface area contributed by atoms with E-state index in [1.54, 1.807) is 13.8 Å². The van der Waals surface area contributed by atoms with Gasteiger partial charge in [-0.15, -0.1) is 0 Å². The first-order valence-electron chi connectivity index (χ1n) is 6.59. The van der Waals surface area contributed by atoms with Gasteiger partial charge in [-0.05, 0) is 30.2 Å². The third-order valence-electron chi connectivity index (χ3n) is 2.93. The second kappa shape index (κ2) is 7.21. The highest BCUT2D eigenvalue weighted by Crippen LogP contribution is 2.16. The molecule has 7 heteroatoms. The van der Waals surface area contributed by atoms with Crippen LogP contribution >= 0.6 is 0 Å². The third-order valence-corrected chi connectivity index (χ3v) is 4.68. The van der Waals surface area contributed by atoms with Gasteiger partial charge in [0.25, 0.3) is 0 Å². The number of anilines is 1.